The summed E-state index contributed by atoms with van der Waals surface area (Å²) in [5, 5.41) is 4.01. The van der Waals surface area contributed by atoms with E-state index in [1.54, 1.807) is 42.5 Å². The molecule has 7 rings (SSSR count). The van der Waals surface area contributed by atoms with Gasteiger partial charge in [0.05, 0.1) is 39.7 Å². The number of nitrogens with zero attached hydrogens (tertiary/aromatic N) is 3. The smallest absolute Gasteiger partial charge is 0.297 e. The molecule has 4 heterocycles. The van der Waals surface area contributed by atoms with Gasteiger partial charge in [-0.15, -0.1) is 0 Å². The number of rotatable bonds is 3. The Morgan fingerprint density at radius 1 is 0.951 bits per heavy atom. The van der Waals surface area contributed by atoms with Gasteiger partial charge in [0.25, 0.3) is 5.56 Å². The Morgan fingerprint density at radius 2 is 1.68 bits per heavy atom. The Labute approximate surface area is 232 Å². The molecule has 0 aliphatic carbocycles. The molecule has 10 heteroatoms. The standard InChI is InChI=1S/C31H25F3N4O3/c1-16(2)14-22-24-25(28(41)37(27(24)40)18-9-7-8-17(15-18)31(32,33)34)30(36-22)20-11-4-6-13-23(20)38-26(39)19-10-3-5-12-21(19)35-29(30)38/h3-13,15-16,22,24-25,36H,14H2,1-2H3/t22-,24-,25+,30+/m0/s1. The normalized spacial score (nSPS) is 24.9. The maximum atomic E-state index is 14.4. The third-order valence-corrected chi connectivity index (χ3v) is 8.52. The lowest BCUT2D eigenvalue weighted by atomic mass is 9.75. The molecule has 4 aromatic rings. The number of halogens is 3. The van der Waals surface area contributed by atoms with E-state index in [0.717, 1.165) is 17.0 Å². The molecule has 4 atom stereocenters. The predicted octanol–water partition coefficient (Wildman–Crippen LogP) is 4.79. The molecule has 1 aromatic heterocycles. The van der Waals surface area contributed by atoms with Crippen molar-refractivity contribution in [1.29, 1.82) is 0 Å². The molecule has 1 N–H and O–H groups in total. The van der Waals surface area contributed by atoms with Crippen LogP contribution in [0.2, 0.25) is 0 Å². The van der Waals surface area contributed by atoms with E-state index < -0.39 is 47.0 Å². The van der Waals surface area contributed by atoms with Crippen molar-refractivity contribution in [2.24, 2.45) is 17.8 Å². The van der Waals surface area contributed by atoms with Crippen LogP contribution in [0.15, 0.2) is 77.6 Å². The largest absolute Gasteiger partial charge is 0.416 e. The Bertz CT molecular complexity index is 1830. The SMILES string of the molecule is CC(C)C[C@@H]1N[C@]2(c3ccccc3-n3c2nc2ccccc2c3=O)[C@H]2C(=O)N(c3cccc(C(F)(F)F)c3)C(=O)[C@@H]12. The van der Waals surface area contributed by atoms with Crippen LogP contribution in [0.3, 0.4) is 0 Å². The van der Waals surface area contributed by atoms with Crippen LogP contribution in [0.1, 0.15) is 37.2 Å². The first-order valence-corrected chi connectivity index (χ1v) is 13.5. The number of benzene rings is 3. The summed E-state index contributed by atoms with van der Waals surface area (Å²) in [6.45, 7) is 4.00. The van der Waals surface area contributed by atoms with E-state index in [2.05, 4.69) is 5.32 Å². The van der Waals surface area contributed by atoms with Gasteiger partial charge >= 0.3 is 6.18 Å². The molecular weight excluding hydrogens is 533 g/mol. The molecule has 0 bridgehead atoms. The van der Waals surface area contributed by atoms with Crippen molar-refractivity contribution in [3.8, 4) is 5.69 Å². The minimum absolute atomic E-state index is 0.127. The maximum Gasteiger partial charge on any atom is 0.416 e. The van der Waals surface area contributed by atoms with Crippen molar-refractivity contribution in [3.05, 3.63) is 100 Å². The highest BCUT2D eigenvalue weighted by Crippen LogP contribution is 2.56. The van der Waals surface area contributed by atoms with Gasteiger partial charge in [-0.3, -0.25) is 24.3 Å². The van der Waals surface area contributed by atoms with Gasteiger partial charge in [-0.1, -0.05) is 50.2 Å². The van der Waals surface area contributed by atoms with Gasteiger partial charge in [0, 0.05) is 11.6 Å². The number of imide groups is 1. The Hall–Kier alpha value is -4.31. The van der Waals surface area contributed by atoms with Crippen molar-refractivity contribution >= 4 is 28.4 Å². The lowest BCUT2D eigenvalue weighted by Gasteiger charge is -2.32. The zero-order chi connectivity index (χ0) is 28.8. The van der Waals surface area contributed by atoms with Crippen LogP contribution in [0.4, 0.5) is 18.9 Å². The first-order valence-electron chi connectivity index (χ1n) is 13.5. The highest BCUT2D eigenvalue weighted by Gasteiger charge is 2.69. The van der Waals surface area contributed by atoms with E-state index in [1.165, 1.54) is 16.7 Å². The topological polar surface area (TPSA) is 84.3 Å². The second-order valence-electron chi connectivity index (χ2n) is 11.4. The van der Waals surface area contributed by atoms with E-state index in [0.29, 0.717) is 34.4 Å². The number of fused-ring (bicyclic) bond motifs is 8. The molecule has 0 unspecified atom stereocenters. The number of carbonyl (C=O) groups excluding carboxylic acids is 2. The van der Waals surface area contributed by atoms with Gasteiger partial charge in [-0.25, -0.2) is 9.88 Å². The Kier molecular flexibility index (Phi) is 5.38. The van der Waals surface area contributed by atoms with Gasteiger partial charge in [0.15, 0.2) is 0 Å². The van der Waals surface area contributed by atoms with E-state index in [1.807, 2.05) is 19.9 Å². The Morgan fingerprint density at radius 3 is 2.44 bits per heavy atom. The van der Waals surface area contributed by atoms with Crippen molar-refractivity contribution < 1.29 is 22.8 Å². The number of amides is 2. The van der Waals surface area contributed by atoms with Gasteiger partial charge in [-0.05, 0) is 48.7 Å². The summed E-state index contributed by atoms with van der Waals surface area (Å²) in [5.41, 5.74) is -1.07. The fraction of sp³-hybridized carbons (Fsp3) is 0.290. The van der Waals surface area contributed by atoms with E-state index in [4.69, 9.17) is 4.98 Å². The molecule has 1 spiro atoms. The molecule has 3 aromatic carbocycles. The quantitative estimate of drug-likeness (QED) is 0.366. The van der Waals surface area contributed by atoms with Crippen LogP contribution in [0.5, 0.6) is 0 Å². The average molecular weight is 559 g/mol. The molecule has 0 radical (unpaired) electrons. The first kappa shape index (κ1) is 25.6. The van der Waals surface area contributed by atoms with Crippen LogP contribution >= 0.6 is 0 Å². The monoisotopic (exact) mass is 558 g/mol. The molecule has 2 saturated heterocycles. The molecule has 208 valence electrons. The zero-order valence-corrected chi connectivity index (χ0v) is 22.1. The van der Waals surface area contributed by atoms with Crippen molar-refractivity contribution in [3.63, 3.8) is 0 Å². The minimum Gasteiger partial charge on any atom is -0.297 e. The summed E-state index contributed by atoms with van der Waals surface area (Å²) in [5.74, 6) is -2.65. The van der Waals surface area contributed by atoms with Crippen molar-refractivity contribution in [1.82, 2.24) is 14.9 Å². The lowest BCUT2D eigenvalue weighted by molar-refractivity contribution is -0.137. The summed E-state index contributed by atoms with van der Waals surface area (Å²) in [6.07, 6.45) is -4.12. The highest BCUT2D eigenvalue weighted by atomic mass is 19.4. The second-order valence-corrected chi connectivity index (χ2v) is 11.4. The Balaban J connectivity index is 1.49. The summed E-state index contributed by atoms with van der Waals surface area (Å²) in [7, 11) is 0. The average Bonchev–Trinajstić information content (AvgIpc) is 3.51. The van der Waals surface area contributed by atoms with Crippen LogP contribution < -0.4 is 15.8 Å². The molecule has 7 nitrogen and oxygen atoms in total. The van der Waals surface area contributed by atoms with Gasteiger partial charge in [0.1, 0.15) is 11.4 Å². The maximum absolute atomic E-state index is 14.4. The zero-order valence-electron chi connectivity index (χ0n) is 22.1. The number of alkyl halides is 3. The summed E-state index contributed by atoms with van der Waals surface area (Å²) in [4.78, 5) is 48.1. The van der Waals surface area contributed by atoms with Gasteiger partial charge in [-0.2, -0.15) is 13.2 Å². The van der Waals surface area contributed by atoms with E-state index in [9.17, 15) is 27.6 Å². The van der Waals surface area contributed by atoms with Crippen LogP contribution in [-0.2, 0) is 21.3 Å². The van der Waals surface area contributed by atoms with E-state index in [-0.39, 0.29) is 17.2 Å². The summed E-state index contributed by atoms with van der Waals surface area (Å²) >= 11 is 0. The molecular formula is C31H25F3N4O3. The molecule has 41 heavy (non-hydrogen) atoms. The summed E-state index contributed by atoms with van der Waals surface area (Å²) < 4.78 is 42.3. The highest BCUT2D eigenvalue weighted by molar-refractivity contribution is 6.23. The van der Waals surface area contributed by atoms with Crippen LogP contribution in [-0.4, -0.2) is 27.4 Å². The number of carbonyl (C=O) groups is 2. The molecule has 2 amide bonds. The molecule has 3 aliphatic heterocycles. The van der Waals surface area contributed by atoms with Crippen molar-refractivity contribution in [2.75, 3.05) is 4.90 Å². The fourth-order valence-electron chi connectivity index (χ4n) is 7.01. The third-order valence-electron chi connectivity index (χ3n) is 8.52. The number of hydrogen-bond acceptors (Lipinski definition) is 5. The number of anilines is 1. The minimum atomic E-state index is -4.64. The van der Waals surface area contributed by atoms with E-state index >= 15 is 0 Å². The van der Waals surface area contributed by atoms with Gasteiger partial charge in [0.2, 0.25) is 11.8 Å². The van der Waals surface area contributed by atoms with Crippen molar-refractivity contribution in [2.45, 2.75) is 38.0 Å². The number of aromatic nitrogens is 2. The second kappa shape index (κ2) is 8.59. The predicted molar refractivity (Wildman–Crippen MR) is 145 cm³/mol. The number of para-hydroxylation sites is 2. The van der Waals surface area contributed by atoms with Gasteiger partial charge < -0.3 is 0 Å². The molecule has 0 saturated carbocycles. The number of nitrogens with one attached hydrogen (secondary N) is 1. The van der Waals surface area contributed by atoms with Crippen LogP contribution in [0, 0.1) is 17.8 Å². The molecule has 3 aliphatic rings. The third kappa shape index (κ3) is 3.43. The summed E-state index contributed by atoms with van der Waals surface area (Å²) in [6, 6.07) is 17.9. The molecule has 2 fully saturated rings. The lowest BCUT2D eigenvalue weighted by Crippen LogP contribution is -2.50. The fourth-order valence-corrected chi connectivity index (χ4v) is 7.01. The first-order chi connectivity index (χ1) is 19.5. The number of hydrogen-bond donors (Lipinski definition) is 1. The van der Waals surface area contributed by atoms with Crippen LogP contribution in [0.25, 0.3) is 16.6 Å².